The van der Waals surface area contributed by atoms with Gasteiger partial charge in [0.1, 0.15) is 11.3 Å². The normalized spacial score (nSPS) is 17.8. The largest absolute Gasteiger partial charge is 0.389 e. The van der Waals surface area contributed by atoms with Gasteiger partial charge in [-0.3, -0.25) is 19.4 Å². The second-order valence-corrected chi connectivity index (χ2v) is 9.85. The van der Waals surface area contributed by atoms with Crippen molar-refractivity contribution >= 4 is 45.1 Å². The molecule has 0 bridgehead atoms. The van der Waals surface area contributed by atoms with E-state index in [1.165, 1.54) is 4.90 Å². The molecule has 11 heteroatoms. The third-order valence-electron chi connectivity index (χ3n) is 6.69. The molecule has 182 valence electrons. The highest BCUT2D eigenvalue weighted by atomic mass is 79.9. The van der Waals surface area contributed by atoms with E-state index in [1.54, 1.807) is 41.3 Å². The zero-order valence-electron chi connectivity index (χ0n) is 18.4. The monoisotopic (exact) mass is 548 g/mol. The van der Waals surface area contributed by atoms with Crippen LogP contribution in [0.15, 0.2) is 45.9 Å². The minimum atomic E-state index is -4.45. The molecule has 5 rings (SSSR count). The maximum Gasteiger partial charge on any atom is 0.389 e. The average molecular weight is 549 g/mol. The highest BCUT2D eigenvalue weighted by Gasteiger charge is 2.60. The molecule has 35 heavy (non-hydrogen) atoms. The van der Waals surface area contributed by atoms with E-state index in [2.05, 4.69) is 20.9 Å². The molecule has 2 amide bonds. The van der Waals surface area contributed by atoms with Gasteiger partial charge in [-0.05, 0) is 29.8 Å². The van der Waals surface area contributed by atoms with Crippen LogP contribution in [0.25, 0.3) is 0 Å². The lowest BCUT2D eigenvalue weighted by Crippen LogP contribution is -2.65. The first-order chi connectivity index (χ1) is 16.5. The van der Waals surface area contributed by atoms with Gasteiger partial charge in [0.2, 0.25) is 5.91 Å². The van der Waals surface area contributed by atoms with Crippen LogP contribution in [0, 0.1) is 0 Å². The molecule has 0 radical (unpaired) electrons. The minimum Gasteiger partial charge on any atom is -0.383 e. The van der Waals surface area contributed by atoms with Crippen LogP contribution >= 0.6 is 15.9 Å². The predicted octanol–water partition coefficient (Wildman–Crippen LogP) is 3.32. The number of halogens is 4. The summed E-state index contributed by atoms with van der Waals surface area (Å²) in [6.07, 6.45) is -6.37. The molecule has 1 spiro atoms. The minimum absolute atomic E-state index is 0.100. The van der Waals surface area contributed by atoms with Gasteiger partial charge in [-0.1, -0.05) is 28.1 Å². The predicted molar refractivity (Wildman–Crippen MR) is 125 cm³/mol. The molecule has 0 aromatic heterocycles. The molecule has 0 aliphatic carbocycles. The average Bonchev–Trinajstić information content (AvgIpc) is 3.26. The van der Waals surface area contributed by atoms with Crippen molar-refractivity contribution in [2.45, 2.75) is 31.0 Å². The van der Waals surface area contributed by atoms with Crippen molar-refractivity contribution in [2.75, 3.05) is 24.5 Å². The first-order valence-electron chi connectivity index (χ1n) is 10.9. The van der Waals surface area contributed by atoms with Gasteiger partial charge >= 0.3 is 6.18 Å². The SMILES string of the molecule is NC1=NCc2cc(C(=O)N3CC4(C3)C(=O)N(CC(=O)CCC(F)(F)F)c3cccc(Br)c34)ccc21. The number of Topliss-reactive ketones (excluding diaryl/α,β-unsaturated/α-hetero) is 1. The number of aliphatic imine (C=N–C) groups is 1. The smallest absolute Gasteiger partial charge is 0.383 e. The summed E-state index contributed by atoms with van der Waals surface area (Å²) >= 11 is 3.48. The number of nitrogens with two attached hydrogens (primary N) is 1. The lowest BCUT2D eigenvalue weighted by molar-refractivity contribution is -0.143. The van der Waals surface area contributed by atoms with Gasteiger partial charge < -0.3 is 15.5 Å². The number of likely N-dealkylation sites (tertiary alicyclic amines) is 1. The molecule has 3 heterocycles. The maximum absolute atomic E-state index is 13.5. The molecule has 2 aromatic rings. The van der Waals surface area contributed by atoms with Crippen LogP contribution in [0.2, 0.25) is 0 Å². The van der Waals surface area contributed by atoms with Crippen molar-refractivity contribution in [3.05, 3.63) is 63.1 Å². The summed E-state index contributed by atoms with van der Waals surface area (Å²) in [6.45, 7) is 0.162. The van der Waals surface area contributed by atoms with Crippen molar-refractivity contribution in [1.29, 1.82) is 0 Å². The molecule has 2 N–H and O–H groups in total. The fraction of sp³-hybridized carbons (Fsp3) is 0.333. The number of hydrogen-bond acceptors (Lipinski definition) is 5. The Morgan fingerprint density at radius 1 is 1.17 bits per heavy atom. The summed E-state index contributed by atoms with van der Waals surface area (Å²) in [5, 5.41) is 0. The molecule has 0 atom stereocenters. The number of anilines is 1. The van der Waals surface area contributed by atoms with E-state index < -0.39 is 36.8 Å². The Labute approximate surface area is 206 Å². The summed E-state index contributed by atoms with van der Waals surface area (Å²) in [5.41, 5.74) is 8.02. The Balaban J connectivity index is 1.36. The van der Waals surface area contributed by atoms with E-state index in [0.29, 0.717) is 33.7 Å². The van der Waals surface area contributed by atoms with Crippen LogP contribution < -0.4 is 10.6 Å². The molecule has 1 saturated heterocycles. The number of alkyl halides is 3. The molecule has 1 fully saturated rings. The number of carbonyl (C=O) groups excluding carboxylic acids is 3. The Morgan fingerprint density at radius 3 is 2.63 bits per heavy atom. The van der Waals surface area contributed by atoms with Crippen molar-refractivity contribution in [2.24, 2.45) is 10.7 Å². The van der Waals surface area contributed by atoms with Gasteiger partial charge in [-0.15, -0.1) is 0 Å². The number of ketones is 1. The molecule has 2 aromatic carbocycles. The zero-order chi connectivity index (χ0) is 25.1. The van der Waals surface area contributed by atoms with E-state index in [9.17, 15) is 27.6 Å². The van der Waals surface area contributed by atoms with E-state index >= 15 is 0 Å². The number of rotatable bonds is 5. The number of fused-ring (bicyclic) bond motifs is 3. The molecular formula is C24H20BrF3N4O3. The van der Waals surface area contributed by atoms with Crippen molar-refractivity contribution in [3.8, 4) is 0 Å². The lowest BCUT2D eigenvalue weighted by atomic mass is 9.74. The second-order valence-electron chi connectivity index (χ2n) is 9.00. The van der Waals surface area contributed by atoms with Gasteiger partial charge in [0, 0.05) is 46.4 Å². The standard InChI is InChI=1S/C24H20BrF3N4O3/c25-17-2-1-3-18-19(17)23(22(35)32(18)10-15(33)6-7-24(26,27)28)11-31(12-23)21(34)13-4-5-16-14(8-13)9-30-20(16)29/h1-5,8H,6-7,9-12H2,(H2,29,30). The number of carbonyl (C=O) groups is 3. The number of benzene rings is 2. The van der Waals surface area contributed by atoms with E-state index in [1.807, 2.05) is 0 Å². The first-order valence-corrected chi connectivity index (χ1v) is 11.7. The Hall–Kier alpha value is -3.21. The van der Waals surface area contributed by atoms with Crippen molar-refractivity contribution in [3.63, 3.8) is 0 Å². The van der Waals surface area contributed by atoms with Crippen molar-refractivity contribution < 1.29 is 27.6 Å². The van der Waals surface area contributed by atoms with Gasteiger partial charge in [0.25, 0.3) is 5.91 Å². The summed E-state index contributed by atoms with van der Waals surface area (Å²) in [5.74, 6) is -0.876. The fourth-order valence-electron chi connectivity index (χ4n) is 4.97. The van der Waals surface area contributed by atoms with Gasteiger partial charge in [-0.2, -0.15) is 13.2 Å². The molecular weight excluding hydrogens is 529 g/mol. The van der Waals surface area contributed by atoms with E-state index in [4.69, 9.17) is 5.73 Å². The number of amidine groups is 1. The van der Waals surface area contributed by atoms with Gasteiger partial charge in [0.15, 0.2) is 5.78 Å². The fourth-order valence-corrected chi connectivity index (χ4v) is 5.70. The van der Waals surface area contributed by atoms with Crippen LogP contribution in [0.4, 0.5) is 18.9 Å². The number of amides is 2. The number of hydrogen-bond donors (Lipinski definition) is 1. The van der Waals surface area contributed by atoms with Gasteiger partial charge in [-0.25, -0.2) is 0 Å². The van der Waals surface area contributed by atoms with Crippen LogP contribution in [0.1, 0.15) is 39.9 Å². The van der Waals surface area contributed by atoms with Crippen LogP contribution in [0.3, 0.4) is 0 Å². The topological polar surface area (TPSA) is 96.1 Å². The third-order valence-corrected chi connectivity index (χ3v) is 7.35. The maximum atomic E-state index is 13.5. The van der Waals surface area contributed by atoms with E-state index in [-0.39, 0.29) is 24.9 Å². The van der Waals surface area contributed by atoms with Crippen LogP contribution in [0.5, 0.6) is 0 Å². The Morgan fingerprint density at radius 2 is 1.91 bits per heavy atom. The Bertz CT molecular complexity index is 1300. The van der Waals surface area contributed by atoms with Crippen LogP contribution in [-0.2, 0) is 21.5 Å². The summed E-state index contributed by atoms with van der Waals surface area (Å²) < 4.78 is 38.3. The molecule has 0 unspecified atom stereocenters. The number of nitrogens with zero attached hydrogens (tertiary/aromatic N) is 3. The highest BCUT2D eigenvalue weighted by molar-refractivity contribution is 9.10. The second kappa shape index (κ2) is 8.18. The van der Waals surface area contributed by atoms with Gasteiger partial charge in [0.05, 0.1) is 19.5 Å². The summed E-state index contributed by atoms with van der Waals surface area (Å²) in [7, 11) is 0. The summed E-state index contributed by atoms with van der Waals surface area (Å²) in [4.78, 5) is 45.9. The quantitative estimate of drug-likeness (QED) is 0.619. The zero-order valence-corrected chi connectivity index (χ0v) is 19.9. The molecule has 7 nitrogen and oxygen atoms in total. The summed E-state index contributed by atoms with van der Waals surface area (Å²) in [6, 6.07) is 10.3. The highest BCUT2D eigenvalue weighted by Crippen LogP contribution is 2.50. The molecule has 3 aliphatic heterocycles. The Kier molecular flexibility index (Phi) is 5.50. The third kappa shape index (κ3) is 3.91. The lowest BCUT2D eigenvalue weighted by Gasteiger charge is -2.47. The van der Waals surface area contributed by atoms with Crippen molar-refractivity contribution in [1.82, 2.24) is 4.90 Å². The first kappa shape index (κ1) is 23.5. The molecule has 3 aliphatic rings. The van der Waals surface area contributed by atoms with E-state index in [0.717, 1.165) is 11.1 Å². The molecule has 0 saturated carbocycles. The van der Waals surface area contributed by atoms with Crippen LogP contribution in [-0.4, -0.2) is 54.1 Å².